The molecule has 1 saturated heterocycles. The molecule has 0 bridgehead atoms. The Bertz CT molecular complexity index is 1060. The van der Waals surface area contributed by atoms with Crippen molar-refractivity contribution in [2.45, 2.75) is 52.6 Å². The van der Waals surface area contributed by atoms with Crippen LogP contribution >= 0.6 is 0 Å². The summed E-state index contributed by atoms with van der Waals surface area (Å²) in [5, 5.41) is 7.41. The highest BCUT2D eigenvalue weighted by Gasteiger charge is 2.31. The molecule has 1 fully saturated rings. The van der Waals surface area contributed by atoms with E-state index < -0.39 is 0 Å². The van der Waals surface area contributed by atoms with E-state index in [4.69, 9.17) is 0 Å². The summed E-state index contributed by atoms with van der Waals surface area (Å²) < 4.78 is 3.33. The summed E-state index contributed by atoms with van der Waals surface area (Å²) in [6.45, 7) is 6.91. The van der Waals surface area contributed by atoms with Gasteiger partial charge in [0.25, 0.3) is 5.56 Å². The fourth-order valence-electron chi connectivity index (χ4n) is 3.77. The minimum Gasteiger partial charge on any atom is -0.334 e. The van der Waals surface area contributed by atoms with Crippen LogP contribution in [0.5, 0.6) is 0 Å². The topological polar surface area (TPSA) is 88.3 Å². The fraction of sp³-hybridized carbons (Fsp3) is 0.474. The van der Waals surface area contributed by atoms with Crippen molar-refractivity contribution in [3.8, 4) is 0 Å². The molecular formula is C19H24N6O2. The molecule has 1 unspecified atom stereocenters. The molecule has 1 N–H and O–H groups in total. The zero-order valence-corrected chi connectivity index (χ0v) is 15.9. The van der Waals surface area contributed by atoms with Crippen LogP contribution in [0.2, 0.25) is 0 Å². The van der Waals surface area contributed by atoms with E-state index in [1.807, 2.05) is 35.6 Å². The molecule has 4 rings (SSSR count). The minimum absolute atomic E-state index is 0.0436. The van der Waals surface area contributed by atoms with Crippen molar-refractivity contribution in [1.82, 2.24) is 29.3 Å². The Hall–Kier alpha value is -2.90. The van der Waals surface area contributed by atoms with Crippen molar-refractivity contribution in [3.63, 3.8) is 0 Å². The third-order valence-electron chi connectivity index (χ3n) is 5.50. The molecule has 0 saturated carbocycles. The number of likely N-dealkylation sites (tertiary alicyclic amines) is 1. The molecular weight excluding hydrogens is 344 g/mol. The number of hydrogen-bond acceptors (Lipinski definition) is 4. The first-order chi connectivity index (χ1) is 13.0. The molecule has 1 atom stereocenters. The van der Waals surface area contributed by atoms with Gasteiger partial charge in [0.2, 0.25) is 5.91 Å². The minimum atomic E-state index is -0.0891. The van der Waals surface area contributed by atoms with Gasteiger partial charge >= 0.3 is 0 Å². The second-order valence-corrected chi connectivity index (χ2v) is 7.22. The van der Waals surface area contributed by atoms with E-state index in [2.05, 4.69) is 15.2 Å². The Morgan fingerprint density at radius 3 is 2.89 bits per heavy atom. The summed E-state index contributed by atoms with van der Waals surface area (Å²) in [6.07, 6.45) is 3.99. The number of aryl methyl sites for hydroxylation is 3. The maximum atomic E-state index is 12.8. The second-order valence-electron chi connectivity index (χ2n) is 7.22. The normalized spacial score (nSPS) is 17.1. The van der Waals surface area contributed by atoms with Gasteiger partial charge in [-0.2, -0.15) is 5.10 Å². The van der Waals surface area contributed by atoms with Crippen molar-refractivity contribution in [1.29, 1.82) is 0 Å². The molecule has 0 spiro atoms. The van der Waals surface area contributed by atoms with Crippen molar-refractivity contribution in [2.24, 2.45) is 0 Å². The van der Waals surface area contributed by atoms with Gasteiger partial charge in [-0.3, -0.25) is 19.4 Å². The van der Waals surface area contributed by atoms with Crippen LogP contribution in [0.15, 0.2) is 23.1 Å². The maximum absolute atomic E-state index is 12.8. The van der Waals surface area contributed by atoms with Gasteiger partial charge in [0.1, 0.15) is 0 Å². The molecule has 3 aromatic rings. The Morgan fingerprint density at radius 1 is 1.33 bits per heavy atom. The van der Waals surface area contributed by atoms with E-state index in [1.54, 1.807) is 13.1 Å². The molecule has 0 radical (unpaired) electrons. The van der Waals surface area contributed by atoms with Gasteiger partial charge < -0.3 is 4.90 Å². The van der Waals surface area contributed by atoms with Crippen LogP contribution < -0.4 is 5.56 Å². The number of amides is 1. The lowest BCUT2D eigenvalue weighted by Gasteiger charge is -2.24. The van der Waals surface area contributed by atoms with E-state index in [9.17, 15) is 9.59 Å². The molecule has 3 aromatic heterocycles. The summed E-state index contributed by atoms with van der Waals surface area (Å²) >= 11 is 0. The molecule has 142 valence electrons. The molecule has 27 heavy (non-hydrogen) atoms. The largest absolute Gasteiger partial charge is 0.334 e. The Kier molecular flexibility index (Phi) is 4.33. The van der Waals surface area contributed by atoms with E-state index in [0.29, 0.717) is 24.2 Å². The number of carbonyl (C=O) groups is 1. The van der Waals surface area contributed by atoms with Gasteiger partial charge in [-0.25, -0.2) is 9.50 Å². The molecule has 0 aromatic carbocycles. The smallest absolute Gasteiger partial charge is 0.275 e. The standard InChI is InChI=1S/C19H24N6O2/c1-12-6-8-20-24(12)10-7-18(26)23-9-4-5-16(23)15-11-17-21-14(3)13(2)19(27)25(17)22-15/h6,8,11,16,22H,4-5,7,9-10H2,1-3H3. The highest BCUT2D eigenvalue weighted by molar-refractivity contribution is 5.77. The van der Waals surface area contributed by atoms with Crippen LogP contribution in [-0.4, -0.2) is 41.7 Å². The van der Waals surface area contributed by atoms with E-state index in [-0.39, 0.29) is 17.5 Å². The van der Waals surface area contributed by atoms with Crippen molar-refractivity contribution in [3.05, 3.63) is 51.3 Å². The van der Waals surface area contributed by atoms with Crippen molar-refractivity contribution >= 4 is 11.6 Å². The number of carbonyl (C=O) groups excluding carboxylic acids is 1. The first-order valence-corrected chi connectivity index (χ1v) is 9.32. The molecule has 1 aliphatic heterocycles. The van der Waals surface area contributed by atoms with Crippen molar-refractivity contribution < 1.29 is 4.79 Å². The van der Waals surface area contributed by atoms with Crippen LogP contribution in [0.4, 0.5) is 0 Å². The van der Waals surface area contributed by atoms with Gasteiger partial charge in [0, 0.05) is 48.7 Å². The van der Waals surface area contributed by atoms with Gasteiger partial charge in [-0.1, -0.05) is 0 Å². The quantitative estimate of drug-likeness (QED) is 0.762. The predicted octanol–water partition coefficient (Wildman–Crippen LogP) is 1.90. The molecule has 1 aliphatic rings. The van der Waals surface area contributed by atoms with Crippen LogP contribution in [0, 0.1) is 20.8 Å². The Morgan fingerprint density at radius 2 is 2.15 bits per heavy atom. The van der Waals surface area contributed by atoms with E-state index in [1.165, 1.54) is 4.52 Å². The van der Waals surface area contributed by atoms with Crippen LogP contribution in [0.25, 0.3) is 5.65 Å². The van der Waals surface area contributed by atoms with Gasteiger partial charge in [-0.15, -0.1) is 0 Å². The number of nitrogens with zero attached hydrogens (tertiary/aromatic N) is 5. The third-order valence-corrected chi connectivity index (χ3v) is 5.50. The van der Waals surface area contributed by atoms with Gasteiger partial charge in [0.05, 0.1) is 11.7 Å². The highest BCUT2D eigenvalue weighted by Crippen LogP contribution is 2.32. The molecule has 8 heteroatoms. The number of aromatic amines is 1. The Balaban J connectivity index is 1.57. The number of rotatable bonds is 4. The average molecular weight is 368 g/mol. The molecule has 4 heterocycles. The number of hydrogen-bond donors (Lipinski definition) is 1. The van der Waals surface area contributed by atoms with E-state index in [0.717, 1.165) is 36.5 Å². The first kappa shape index (κ1) is 17.5. The third kappa shape index (κ3) is 3.05. The van der Waals surface area contributed by atoms with Gasteiger partial charge in [0.15, 0.2) is 5.65 Å². The predicted molar refractivity (Wildman–Crippen MR) is 101 cm³/mol. The van der Waals surface area contributed by atoms with E-state index >= 15 is 0 Å². The van der Waals surface area contributed by atoms with Crippen LogP contribution in [-0.2, 0) is 11.3 Å². The lowest BCUT2D eigenvalue weighted by Crippen LogP contribution is -2.31. The number of nitrogens with one attached hydrogen (secondary N) is 1. The second kappa shape index (κ2) is 6.68. The molecule has 1 amide bonds. The maximum Gasteiger partial charge on any atom is 0.275 e. The Labute approximate surface area is 156 Å². The SMILES string of the molecule is Cc1nc2cc(C3CCCN3C(=O)CCn3nccc3C)[nH]n2c(=O)c1C. The summed E-state index contributed by atoms with van der Waals surface area (Å²) in [5.41, 5.74) is 3.80. The first-order valence-electron chi connectivity index (χ1n) is 9.32. The summed E-state index contributed by atoms with van der Waals surface area (Å²) in [5.74, 6) is 0.110. The summed E-state index contributed by atoms with van der Waals surface area (Å²) in [4.78, 5) is 31.7. The zero-order valence-electron chi connectivity index (χ0n) is 15.9. The fourth-order valence-corrected chi connectivity index (χ4v) is 3.77. The molecule has 8 nitrogen and oxygen atoms in total. The average Bonchev–Trinajstić information content (AvgIpc) is 3.36. The van der Waals surface area contributed by atoms with Crippen LogP contribution in [0.3, 0.4) is 0 Å². The van der Waals surface area contributed by atoms with Gasteiger partial charge in [-0.05, 0) is 39.7 Å². The highest BCUT2D eigenvalue weighted by atomic mass is 16.2. The molecule has 0 aliphatic carbocycles. The summed E-state index contributed by atoms with van der Waals surface area (Å²) in [7, 11) is 0. The number of aromatic nitrogens is 5. The monoisotopic (exact) mass is 368 g/mol. The zero-order chi connectivity index (χ0) is 19.1. The summed E-state index contributed by atoms with van der Waals surface area (Å²) in [6, 6.07) is 3.78. The lowest BCUT2D eigenvalue weighted by molar-refractivity contribution is -0.132. The number of H-pyrrole nitrogens is 1. The van der Waals surface area contributed by atoms with Crippen molar-refractivity contribution in [2.75, 3.05) is 6.54 Å². The lowest BCUT2D eigenvalue weighted by atomic mass is 10.1. The van der Waals surface area contributed by atoms with Crippen LogP contribution in [0.1, 0.15) is 47.9 Å². The number of fused-ring (bicyclic) bond motifs is 1.